The minimum atomic E-state index is -0.374. The van der Waals surface area contributed by atoms with Crippen LogP contribution in [-0.4, -0.2) is 5.97 Å². The van der Waals surface area contributed by atoms with Crippen LogP contribution in [-0.2, 0) is 4.79 Å². The molecule has 1 aliphatic carbocycles. The topological polar surface area (TPSA) is 26.3 Å². The van der Waals surface area contributed by atoms with Crippen molar-refractivity contribution in [1.29, 1.82) is 0 Å². The van der Waals surface area contributed by atoms with E-state index in [4.69, 9.17) is 4.74 Å². The highest BCUT2D eigenvalue weighted by molar-refractivity contribution is 5.75. The zero-order chi connectivity index (χ0) is 17.1. The summed E-state index contributed by atoms with van der Waals surface area (Å²) in [5, 5.41) is 0. The van der Waals surface area contributed by atoms with Crippen LogP contribution in [0, 0.1) is 24.6 Å². The van der Waals surface area contributed by atoms with Gasteiger partial charge in [0.15, 0.2) is 0 Å². The zero-order valence-electron chi connectivity index (χ0n) is 14.2. The van der Waals surface area contributed by atoms with E-state index in [0.717, 1.165) is 36.8 Å². The average molecular weight is 326 g/mol. The molecule has 0 aromatic heterocycles. The molecule has 2 aromatic carbocycles. The highest BCUT2D eigenvalue weighted by Gasteiger charge is 2.26. The molecule has 0 atom stereocenters. The lowest BCUT2D eigenvalue weighted by Gasteiger charge is -2.24. The van der Waals surface area contributed by atoms with Gasteiger partial charge < -0.3 is 4.74 Å². The van der Waals surface area contributed by atoms with Crippen LogP contribution < -0.4 is 4.74 Å². The second kappa shape index (κ2) is 7.16. The van der Waals surface area contributed by atoms with Crippen LogP contribution in [0.25, 0.3) is 11.1 Å². The fourth-order valence-electron chi connectivity index (χ4n) is 3.22. The average Bonchev–Trinajstić information content (AvgIpc) is 2.57. The number of carbonyl (C=O) groups excluding carboxylic acids is 1. The Hall–Kier alpha value is -2.16. The van der Waals surface area contributed by atoms with Crippen molar-refractivity contribution < 1.29 is 13.9 Å². The first-order valence-corrected chi connectivity index (χ1v) is 8.61. The summed E-state index contributed by atoms with van der Waals surface area (Å²) in [6.45, 7) is 4.20. The SMILES string of the molecule is Cc1ccc(-c2ccc(OC(=O)C3CCC(C)CC3)cc2F)cc1. The van der Waals surface area contributed by atoms with Gasteiger partial charge in [0.05, 0.1) is 5.92 Å². The van der Waals surface area contributed by atoms with Gasteiger partial charge in [0.2, 0.25) is 0 Å². The maximum absolute atomic E-state index is 14.4. The Balaban J connectivity index is 1.70. The van der Waals surface area contributed by atoms with Crippen molar-refractivity contribution in [2.75, 3.05) is 0 Å². The number of ether oxygens (including phenoxy) is 1. The third-order valence-corrected chi connectivity index (χ3v) is 4.87. The molecule has 2 aromatic rings. The Bertz CT molecular complexity index is 713. The number of aryl methyl sites for hydroxylation is 1. The van der Waals surface area contributed by atoms with Crippen LogP contribution in [0.1, 0.15) is 38.2 Å². The van der Waals surface area contributed by atoms with Crippen LogP contribution >= 0.6 is 0 Å². The Morgan fingerprint density at radius 1 is 1.04 bits per heavy atom. The number of halogens is 1. The first-order chi connectivity index (χ1) is 11.5. The van der Waals surface area contributed by atoms with E-state index >= 15 is 0 Å². The minimum Gasteiger partial charge on any atom is -0.426 e. The molecule has 0 amide bonds. The van der Waals surface area contributed by atoms with Gasteiger partial charge in [-0.1, -0.05) is 36.8 Å². The normalized spacial score (nSPS) is 20.6. The second-order valence-corrected chi connectivity index (χ2v) is 6.89. The number of esters is 1. The molecule has 0 heterocycles. The largest absolute Gasteiger partial charge is 0.426 e. The van der Waals surface area contributed by atoms with Crippen molar-refractivity contribution in [1.82, 2.24) is 0 Å². The molecule has 3 heteroatoms. The molecule has 1 saturated carbocycles. The highest BCUT2D eigenvalue weighted by Crippen LogP contribution is 2.31. The highest BCUT2D eigenvalue weighted by atomic mass is 19.1. The summed E-state index contributed by atoms with van der Waals surface area (Å²) in [5.41, 5.74) is 2.46. The van der Waals surface area contributed by atoms with Gasteiger partial charge in [0.1, 0.15) is 11.6 Å². The Morgan fingerprint density at radius 2 is 1.71 bits per heavy atom. The van der Waals surface area contributed by atoms with E-state index in [-0.39, 0.29) is 23.5 Å². The van der Waals surface area contributed by atoms with E-state index in [0.29, 0.717) is 11.5 Å². The Labute approximate surface area is 142 Å². The monoisotopic (exact) mass is 326 g/mol. The number of rotatable bonds is 3. The molecule has 0 N–H and O–H groups in total. The van der Waals surface area contributed by atoms with Gasteiger partial charge in [-0.3, -0.25) is 4.79 Å². The van der Waals surface area contributed by atoms with Crippen LogP contribution in [0.4, 0.5) is 4.39 Å². The lowest BCUT2D eigenvalue weighted by atomic mass is 9.83. The Kier molecular flexibility index (Phi) is 4.98. The van der Waals surface area contributed by atoms with E-state index in [1.54, 1.807) is 12.1 Å². The van der Waals surface area contributed by atoms with Crippen molar-refractivity contribution in [2.24, 2.45) is 11.8 Å². The summed E-state index contributed by atoms with van der Waals surface area (Å²) in [5.74, 6) is 0.305. The summed E-state index contributed by atoms with van der Waals surface area (Å²) in [4.78, 5) is 12.2. The molecule has 0 aliphatic heterocycles. The maximum Gasteiger partial charge on any atom is 0.314 e. The predicted octanol–water partition coefficient (Wildman–Crippen LogP) is 5.53. The second-order valence-electron chi connectivity index (χ2n) is 6.89. The summed E-state index contributed by atoms with van der Waals surface area (Å²) >= 11 is 0. The molecule has 0 radical (unpaired) electrons. The van der Waals surface area contributed by atoms with Gasteiger partial charge in [0.25, 0.3) is 0 Å². The lowest BCUT2D eigenvalue weighted by molar-refractivity contribution is -0.140. The zero-order valence-corrected chi connectivity index (χ0v) is 14.2. The summed E-state index contributed by atoms with van der Waals surface area (Å²) < 4.78 is 19.8. The van der Waals surface area contributed by atoms with Gasteiger partial charge in [-0.25, -0.2) is 4.39 Å². The fourth-order valence-corrected chi connectivity index (χ4v) is 3.22. The molecule has 0 bridgehead atoms. The van der Waals surface area contributed by atoms with Crippen LogP contribution in [0.15, 0.2) is 42.5 Å². The number of carbonyl (C=O) groups is 1. The third kappa shape index (κ3) is 3.84. The van der Waals surface area contributed by atoms with Crippen LogP contribution in [0.5, 0.6) is 5.75 Å². The van der Waals surface area contributed by atoms with Crippen molar-refractivity contribution in [3.05, 3.63) is 53.8 Å². The molecule has 0 spiro atoms. The molecule has 3 rings (SSSR count). The minimum absolute atomic E-state index is 0.0546. The fraction of sp³-hybridized carbons (Fsp3) is 0.381. The van der Waals surface area contributed by atoms with Crippen molar-refractivity contribution >= 4 is 5.97 Å². The van der Waals surface area contributed by atoms with Crippen LogP contribution in [0.3, 0.4) is 0 Å². The predicted molar refractivity (Wildman–Crippen MR) is 93.3 cm³/mol. The summed E-state index contributed by atoms with van der Waals surface area (Å²) in [6, 6.07) is 12.3. The maximum atomic E-state index is 14.4. The molecular formula is C21H23FO2. The van der Waals surface area contributed by atoms with Crippen LogP contribution in [0.2, 0.25) is 0 Å². The molecule has 24 heavy (non-hydrogen) atoms. The lowest BCUT2D eigenvalue weighted by Crippen LogP contribution is -2.25. The van der Waals surface area contributed by atoms with E-state index in [1.165, 1.54) is 6.07 Å². The van der Waals surface area contributed by atoms with E-state index < -0.39 is 0 Å². The molecular weight excluding hydrogens is 303 g/mol. The van der Waals surface area contributed by atoms with Gasteiger partial charge in [0, 0.05) is 11.6 Å². The first-order valence-electron chi connectivity index (χ1n) is 8.61. The third-order valence-electron chi connectivity index (χ3n) is 4.87. The van der Waals surface area contributed by atoms with Gasteiger partial charge in [-0.05, 0) is 56.2 Å². The quantitative estimate of drug-likeness (QED) is 0.547. The Morgan fingerprint density at radius 3 is 2.33 bits per heavy atom. The van der Waals surface area contributed by atoms with Crippen molar-refractivity contribution in [3.8, 4) is 16.9 Å². The number of benzene rings is 2. The van der Waals surface area contributed by atoms with Gasteiger partial charge in [-0.2, -0.15) is 0 Å². The summed E-state index contributed by atoms with van der Waals surface area (Å²) in [6.07, 6.45) is 3.84. The molecule has 1 aliphatic rings. The number of hydrogen-bond donors (Lipinski definition) is 0. The number of hydrogen-bond acceptors (Lipinski definition) is 2. The summed E-state index contributed by atoms with van der Waals surface area (Å²) in [7, 11) is 0. The van der Waals surface area contributed by atoms with E-state index in [9.17, 15) is 9.18 Å². The van der Waals surface area contributed by atoms with E-state index in [1.807, 2.05) is 31.2 Å². The van der Waals surface area contributed by atoms with Gasteiger partial charge in [-0.15, -0.1) is 0 Å². The van der Waals surface area contributed by atoms with Gasteiger partial charge >= 0.3 is 5.97 Å². The smallest absolute Gasteiger partial charge is 0.314 e. The molecule has 2 nitrogen and oxygen atoms in total. The molecule has 0 saturated heterocycles. The first kappa shape index (κ1) is 16.7. The van der Waals surface area contributed by atoms with E-state index in [2.05, 4.69) is 6.92 Å². The van der Waals surface area contributed by atoms with Crippen molar-refractivity contribution in [2.45, 2.75) is 39.5 Å². The molecule has 0 unspecified atom stereocenters. The standard InChI is InChI=1S/C21H23FO2/c1-14-3-7-16(8-4-14)19-12-11-18(13-20(19)22)24-21(23)17-9-5-15(2)6-10-17/h3-4,7-8,11-13,15,17H,5-6,9-10H2,1-2H3. The molecule has 1 fully saturated rings. The van der Waals surface area contributed by atoms with Crippen molar-refractivity contribution in [3.63, 3.8) is 0 Å². The molecule has 126 valence electrons.